The van der Waals surface area contributed by atoms with E-state index in [4.69, 9.17) is 19.2 Å². The van der Waals surface area contributed by atoms with E-state index < -0.39 is 34.9 Å². The van der Waals surface area contributed by atoms with Crippen LogP contribution in [0, 0.1) is 29.1 Å². The van der Waals surface area contributed by atoms with Gasteiger partial charge >= 0.3 is 5.97 Å². The summed E-state index contributed by atoms with van der Waals surface area (Å²) in [7, 11) is 3.52. The highest BCUT2D eigenvalue weighted by atomic mass is 16.5. The molecule has 3 atom stereocenters. The third kappa shape index (κ3) is 11.9. The molecule has 2 aromatic heterocycles. The molecule has 0 spiro atoms. The third-order valence-corrected chi connectivity index (χ3v) is 13.9. The number of likely N-dealkylation sites (tertiary alicyclic amines) is 1. The number of likely N-dealkylation sites (N-methyl/N-ethyl adjacent to an activating group) is 1. The lowest BCUT2D eigenvalue weighted by molar-refractivity contribution is -0.155. The number of ether oxygens (including phenoxy) is 3. The van der Waals surface area contributed by atoms with Crippen LogP contribution < -0.4 is 10.7 Å². The maximum Gasteiger partial charge on any atom is 0.324 e. The fourth-order valence-corrected chi connectivity index (χ4v) is 9.45. The van der Waals surface area contributed by atoms with E-state index in [0.717, 1.165) is 50.1 Å². The van der Waals surface area contributed by atoms with Crippen LogP contribution >= 0.6 is 0 Å². The molecule has 15 nitrogen and oxygen atoms in total. The molecule has 2 fully saturated rings. The van der Waals surface area contributed by atoms with Gasteiger partial charge in [-0.1, -0.05) is 63.9 Å². The van der Waals surface area contributed by atoms with Crippen LogP contribution in [0.2, 0.25) is 0 Å². The van der Waals surface area contributed by atoms with Crippen molar-refractivity contribution in [1.82, 2.24) is 35.1 Å². The fraction of sp³-hybridized carbons (Fsp3) is 0.537. The maximum atomic E-state index is 14.7. The first-order valence-electron chi connectivity index (χ1n) is 24.4. The molecule has 6 bridgehead atoms. The number of aliphatic hydroxyl groups is 1. The zero-order valence-corrected chi connectivity index (χ0v) is 41.9. The number of hydrazine groups is 1. The van der Waals surface area contributed by atoms with Crippen LogP contribution in [0.15, 0.2) is 60.8 Å². The van der Waals surface area contributed by atoms with Gasteiger partial charge in [-0.15, -0.1) is 0 Å². The number of cyclic esters (lactones) is 1. The van der Waals surface area contributed by atoms with Gasteiger partial charge in [0.05, 0.1) is 55.4 Å². The highest BCUT2D eigenvalue weighted by Gasteiger charge is 2.38. The van der Waals surface area contributed by atoms with E-state index in [-0.39, 0.29) is 56.0 Å². The van der Waals surface area contributed by atoms with E-state index in [1.165, 1.54) is 5.01 Å². The van der Waals surface area contributed by atoms with Crippen molar-refractivity contribution in [3.8, 4) is 34.2 Å². The van der Waals surface area contributed by atoms with E-state index in [9.17, 15) is 24.3 Å². The Morgan fingerprint density at radius 1 is 1.10 bits per heavy atom. The Balaban J connectivity index is 1.17. The summed E-state index contributed by atoms with van der Waals surface area (Å²) in [6, 6.07) is 17.0. The van der Waals surface area contributed by atoms with Crippen LogP contribution in [-0.4, -0.2) is 137 Å². The molecule has 2 aromatic carbocycles. The molecule has 4 aromatic rings. The monoisotopic (exact) mass is 946 g/mol. The van der Waals surface area contributed by atoms with Crippen LogP contribution in [0.25, 0.3) is 33.3 Å². The minimum atomic E-state index is -0.971. The summed E-state index contributed by atoms with van der Waals surface area (Å²) in [4.78, 5) is 64.1. The highest BCUT2D eigenvalue weighted by Crippen LogP contribution is 2.41. The molecule has 69 heavy (non-hydrogen) atoms. The Hall–Kier alpha value is -5.63. The number of benzene rings is 2. The van der Waals surface area contributed by atoms with Gasteiger partial charge in [-0.2, -0.15) is 0 Å². The number of carbonyl (C=O) groups excluding carboxylic acids is 4. The zero-order chi connectivity index (χ0) is 49.6. The summed E-state index contributed by atoms with van der Waals surface area (Å²) in [5.74, 6) is 3.64. The van der Waals surface area contributed by atoms with Crippen LogP contribution in [0.5, 0.6) is 0 Å². The van der Waals surface area contributed by atoms with E-state index in [2.05, 4.69) is 84.3 Å². The van der Waals surface area contributed by atoms with Crippen LogP contribution in [0.4, 0.5) is 0 Å². The number of aromatic nitrogens is 2. The predicted octanol–water partition coefficient (Wildman–Crippen LogP) is 5.39. The number of pyridine rings is 1. The van der Waals surface area contributed by atoms with Crippen molar-refractivity contribution >= 4 is 34.6 Å². The number of amides is 3. The topological polar surface area (TPSA) is 168 Å². The van der Waals surface area contributed by atoms with Crippen molar-refractivity contribution in [3.63, 3.8) is 0 Å². The molecule has 1 unspecified atom stereocenters. The lowest BCUT2D eigenvalue weighted by Crippen LogP contribution is -2.61. The summed E-state index contributed by atoms with van der Waals surface area (Å²) in [5.41, 5.74) is 10.0. The van der Waals surface area contributed by atoms with E-state index in [0.29, 0.717) is 58.6 Å². The number of rotatable bonds is 13. The second-order valence-electron chi connectivity index (χ2n) is 20.4. The van der Waals surface area contributed by atoms with Crippen molar-refractivity contribution in [2.75, 3.05) is 60.2 Å². The summed E-state index contributed by atoms with van der Waals surface area (Å²) in [5, 5.41) is 15.0. The van der Waals surface area contributed by atoms with Gasteiger partial charge in [0, 0.05) is 74.3 Å². The SMILES string of the molecule is CCn1c(-c2cccnc2COC)c2c3cc(ccc31)-c1cccc(c1)C[C@H](NC(=O)C(COC1CN(C(=O)C#CC(C)(C)N(C)CCO)C1)C(C)C)C(=O)N1CCC[C@H](N1)C(=O)OCC(C)(C)C2. The quantitative estimate of drug-likeness (QED) is 0.116. The maximum absolute atomic E-state index is 14.7. The summed E-state index contributed by atoms with van der Waals surface area (Å²) in [6.07, 6.45) is 3.40. The summed E-state index contributed by atoms with van der Waals surface area (Å²) < 4.78 is 20.3. The standard InChI is InChI=1S/C54H71N7O8/c1-10-60-47-19-18-38-28-41(47)42(49(60)40-16-12-22-55-46(40)33-67-9)29-53(4,5)34-69-52(66)44-17-13-23-61(57-44)51(65)45(27-36-14-11-15-37(38)26-36)56-50(64)43(35(2)3)32-68-39-30-59(31-39)48(63)20-21-54(6,7)58(8)24-25-62/h11-12,14-16,18-19,22,26,28,35,39,43-45,57,62H,10,13,17,23-25,27,29-34H2,1-9H3,(H,56,64)/t43?,44-,45-/m0/s1. The number of esters is 1. The first-order valence-corrected chi connectivity index (χ1v) is 24.4. The zero-order valence-electron chi connectivity index (χ0n) is 41.9. The number of hydrogen-bond acceptors (Lipinski definition) is 11. The average molecular weight is 946 g/mol. The number of fused-ring (bicyclic) bond motifs is 6. The molecule has 0 radical (unpaired) electrons. The Labute approximate surface area is 407 Å². The van der Waals surface area contributed by atoms with Crippen molar-refractivity contribution in [2.24, 2.45) is 17.3 Å². The molecular weight excluding hydrogens is 875 g/mol. The van der Waals surface area contributed by atoms with Gasteiger partial charge in [0.25, 0.3) is 11.8 Å². The highest BCUT2D eigenvalue weighted by molar-refractivity contribution is 5.96. The Kier molecular flexibility index (Phi) is 16.3. The van der Waals surface area contributed by atoms with Gasteiger partial charge in [-0.05, 0) is 105 Å². The number of aryl methyl sites for hydroxylation is 1. The minimum Gasteiger partial charge on any atom is -0.464 e. The second-order valence-corrected chi connectivity index (χ2v) is 20.4. The molecule has 3 aliphatic rings. The Morgan fingerprint density at radius 3 is 2.59 bits per heavy atom. The lowest BCUT2D eigenvalue weighted by atomic mass is 9.84. The van der Waals surface area contributed by atoms with Crippen LogP contribution in [0.1, 0.15) is 78.1 Å². The third-order valence-electron chi connectivity index (χ3n) is 13.9. The molecule has 3 amide bonds. The number of nitrogens with zero attached hydrogens (tertiary/aromatic N) is 5. The summed E-state index contributed by atoms with van der Waals surface area (Å²) in [6.45, 7) is 16.9. The number of nitrogens with one attached hydrogen (secondary N) is 2. The molecule has 15 heteroatoms. The van der Waals surface area contributed by atoms with Gasteiger partial charge < -0.3 is 34.1 Å². The normalized spacial score (nSPS) is 19.4. The van der Waals surface area contributed by atoms with Crippen molar-refractivity contribution in [1.29, 1.82) is 0 Å². The molecule has 3 aliphatic heterocycles. The number of β-amino-alcohol motifs (C(OH)–C–C–N with tert-alkyl or cyclic N) is 1. The van der Waals surface area contributed by atoms with E-state index in [1.54, 1.807) is 18.2 Å². The fourth-order valence-electron chi connectivity index (χ4n) is 9.45. The minimum absolute atomic E-state index is 0.00552. The van der Waals surface area contributed by atoms with Gasteiger partial charge in [0.1, 0.15) is 12.1 Å². The van der Waals surface area contributed by atoms with E-state index in [1.807, 2.05) is 57.8 Å². The lowest BCUT2D eigenvalue weighted by Gasteiger charge is -2.39. The number of methoxy groups -OCH3 is 1. The van der Waals surface area contributed by atoms with Gasteiger partial charge in [-0.3, -0.25) is 34.1 Å². The molecule has 3 N–H and O–H groups in total. The molecule has 5 heterocycles. The van der Waals surface area contributed by atoms with E-state index >= 15 is 0 Å². The molecule has 0 aliphatic carbocycles. The molecule has 2 saturated heterocycles. The van der Waals surface area contributed by atoms with Gasteiger partial charge in [0.2, 0.25) is 5.91 Å². The van der Waals surface area contributed by atoms with Crippen LogP contribution in [-0.2, 0) is 59.4 Å². The molecule has 7 rings (SSSR count). The molecule has 0 saturated carbocycles. The number of carbonyl (C=O) groups is 4. The van der Waals surface area contributed by atoms with Crippen LogP contribution in [0.3, 0.4) is 0 Å². The summed E-state index contributed by atoms with van der Waals surface area (Å²) >= 11 is 0. The predicted molar refractivity (Wildman–Crippen MR) is 265 cm³/mol. The number of hydrogen-bond donors (Lipinski definition) is 3. The number of aliphatic hydroxyl groups excluding tert-OH is 1. The first kappa shape index (κ1) is 51.2. The van der Waals surface area contributed by atoms with Crippen molar-refractivity contribution < 1.29 is 38.5 Å². The Morgan fingerprint density at radius 2 is 1.87 bits per heavy atom. The van der Waals surface area contributed by atoms with Gasteiger partial charge in [0.15, 0.2) is 0 Å². The average Bonchev–Trinajstić information content (AvgIpc) is 3.61. The Bertz CT molecular complexity index is 2570. The first-order chi connectivity index (χ1) is 32.9. The second kappa shape index (κ2) is 22.0. The van der Waals surface area contributed by atoms with Gasteiger partial charge in [-0.25, -0.2) is 5.43 Å². The largest absolute Gasteiger partial charge is 0.464 e. The smallest absolute Gasteiger partial charge is 0.324 e. The molecule has 370 valence electrons. The molecular formula is C54H71N7O8. The van der Waals surface area contributed by atoms with Crippen molar-refractivity contribution in [2.45, 2.75) is 111 Å². The van der Waals surface area contributed by atoms with Crippen molar-refractivity contribution in [3.05, 3.63) is 77.6 Å².